The molecule has 6 rings (SSSR count). The summed E-state index contributed by atoms with van der Waals surface area (Å²) in [6.07, 6.45) is 7.48. The molecule has 8 nitrogen and oxygen atoms in total. The largest absolute Gasteiger partial charge is 0.333 e. The highest BCUT2D eigenvalue weighted by atomic mass is 35.5. The van der Waals surface area contributed by atoms with Crippen LogP contribution >= 0.6 is 23.2 Å². The number of nitrogens with zero attached hydrogens (tertiary/aromatic N) is 4. The second-order valence-electron chi connectivity index (χ2n) is 9.55. The molecule has 1 spiro atoms. The molecule has 2 aliphatic rings. The van der Waals surface area contributed by atoms with Crippen LogP contribution in [0.1, 0.15) is 36.8 Å². The van der Waals surface area contributed by atoms with E-state index in [4.69, 9.17) is 28.6 Å². The summed E-state index contributed by atoms with van der Waals surface area (Å²) in [4.78, 5) is 27.1. The van der Waals surface area contributed by atoms with Crippen LogP contribution in [0.25, 0.3) is 16.7 Å². The van der Waals surface area contributed by atoms with Gasteiger partial charge in [-0.15, -0.1) is 0 Å². The van der Waals surface area contributed by atoms with Crippen LogP contribution in [0.4, 0.5) is 11.6 Å². The van der Waals surface area contributed by atoms with E-state index in [0.29, 0.717) is 11.3 Å². The van der Waals surface area contributed by atoms with E-state index in [1.54, 1.807) is 18.2 Å². The fraction of sp³-hybridized carbons (Fsp3) is 0.308. The van der Waals surface area contributed by atoms with Gasteiger partial charge in [-0.05, 0) is 61.7 Å². The molecule has 0 radical (unpaired) electrons. The van der Waals surface area contributed by atoms with Crippen LogP contribution in [0.2, 0.25) is 10.0 Å². The van der Waals surface area contributed by atoms with E-state index in [9.17, 15) is 4.79 Å². The summed E-state index contributed by atoms with van der Waals surface area (Å²) in [5.74, 6) is 0.342. The van der Waals surface area contributed by atoms with Crippen LogP contribution in [0.5, 0.6) is 0 Å². The van der Waals surface area contributed by atoms with Crippen LogP contribution < -0.4 is 16.5 Å². The number of hydrogen-bond acceptors (Lipinski definition) is 6. The Balaban J connectivity index is 1.36. The number of hydrogen-bond donors (Lipinski definition) is 3. The van der Waals surface area contributed by atoms with Gasteiger partial charge in [0.1, 0.15) is 5.49 Å². The third-order valence-corrected chi connectivity index (χ3v) is 8.21. The minimum atomic E-state index is -0.563. The predicted octanol–water partition coefficient (Wildman–Crippen LogP) is 4.90. The third kappa shape index (κ3) is 3.63. The number of benzene rings is 2. The quantitative estimate of drug-likeness (QED) is 0.356. The van der Waals surface area contributed by atoms with Crippen molar-refractivity contribution in [2.45, 2.75) is 37.6 Å². The molecule has 1 saturated carbocycles. The molecule has 1 fully saturated rings. The zero-order chi connectivity index (χ0) is 25.0. The van der Waals surface area contributed by atoms with Crippen LogP contribution in [0, 0.1) is 5.41 Å². The smallest absolute Gasteiger partial charge is 0.324 e. The van der Waals surface area contributed by atoms with E-state index in [1.807, 2.05) is 0 Å². The lowest BCUT2D eigenvalue weighted by molar-refractivity contribution is 0.111. The van der Waals surface area contributed by atoms with Crippen molar-refractivity contribution in [3.8, 4) is 5.69 Å². The van der Waals surface area contributed by atoms with Crippen molar-refractivity contribution in [1.29, 1.82) is 5.41 Å². The second kappa shape index (κ2) is 8.73. The van der Waals surface area contributed by atoms with Gasteiger partial charge in [-0.25, -0.2) is 14.3 Å². The molecule has 2 aromatic carbocycles. The molecule has 0 bridgehead atoms. The summed E-state index contributed by atoms with van der Waals surface area (Å²) in [5, 5.41) is 12.8. The van der Waals surface area contributed by atoms with Crippen molar-refractivity contribution in [1.82, 2.24) is 24.4 Å². The summed E-state index contributed by atoms with van der Waals surface area (Å²) in [5.41, 5.74) is 3.69. The predicted molar refractivity (Wildman–Crippen MR) is 142 cm³/mol. The van der Waals surface area contributed by atoms with Crippen molar-refractivity contribution in [3.05, 3.63) is 79.7 Å². The summed E-state index contributed by atoms with van der Waals surface area (Å²) in [6.45, 7) is 1.05. The van der Waals surface area contributed by atoms with E-state index in [-0.39, 0.29) is 32.4 Å². The molecule has 1 aliphatic carbocycles. The first-order chi connectivity index (χ1) is 17.4. The van der Waals surface area contributed by atoms with Gasteiger partial charge in [0.2, 0.25) is 5.95 Å². The lowest BCUT2D eigenvalue weighted by atomic mass is 9.79. The first kappa shape index (κ1) is 23.2. The molecule has 184 valence electrons. The van der Waals surface area contributed by atoms with Gasteiger partial charge in [0.05, 0.1) is 21.1 Å². The average Bonchev–Trinajstić information content (AvgIpc) is 3.34. The lowest BCUT2D eigenvalue weighted by Crippen LogP contribution is -2.46. The molecule has 0 unspecified atom stereocenters. The van der Waals surface area contributed by atoms with Crippen molar-refractivity contribution in [2.24, 2.45) is 0 Å². The van der Waals surface area contributed by atoms with Crippen LogP contribution in [0.3, 0.4) is 0 Å². The number of likely N-dealkylation sites (N-methyl/N-ethyl adjacent to an activating group) is 1. The average molecular weight is 522 g/mol. The molecule has 1 aliphatic heterocycles. The highest BCUT2D eigenvalue weighted by molar-refractivity contribution is 6.37. The summed E-state index contributed by atoms with van der Waals surface area (Å²) in [6, 6.07) is 11.4. The highest BCUT2D eigenvalue weighted by Crippen LogP contribution is 2.47. The fourth-order valence-corrected chi connectivity index (χ4v) is 6.35. The number of H-pyrrole nitrogens is 1. The maximum Gasteiger partial charge on any atom is 0.333 e. The summed E-state index contributed by atoms with van der Waals surface area (Å²) >= 11 is 12.6. The molecule has 3 N–H and O–H groups in total. The Labute approximate surface area is 217 Å². The number of aromatic nitrogens is 4. The van der Waals surface area contributed by atoms with E-state index < -0.39 is 5.69 Å². The molecule has 4 aromatic rings. The minimum absolute atomic E-state index is 0.102. The number of halogens is 2. The zero-order valence-electron chi connectivity index (χ0n) is 19.7. The van der Waals surface area contributed by atoms with Gasteiger partial charge in [-0.1, -0.05) is 48.2 Å². The van der Waals surface area contributed by atoms with Gasteiger partial charge in [0.25, 0.3) is 0 Å². The normalized spacial score (nSPS) is 17.0. The number of rotatable bonds is 3. The highest BCUT2D eigenvalue weighted by Gasteiger charge is 2.42. The van der Waals surface area contributed by atoms with Crippen molar-refractivity contribution in [2.75, 3.05) is 18.9 Å². The van der Waals surface area contributed by atoms with Crippen LogP contribution in [-0.2, 0) is 12.0 Å². The number of aromatic amines is 1. The van der Waals surface area contributed by atoms with Gasteiger partial charge in [0.15, 0.2) is 5.65 Å². The molecule has 2 aromatic heterocycles. The Morgan fingerprint density at radius 1 is 1.14 bits per heavy atom. The van der Waals surface area contributed by atoms with Crippen molar-refractivity contribution in [3.63, 3.8) is 0 Å². The molecule has 0 saturated heterocycles. The second-order valence-corrected chi connectivity index (χ2v) is 10.4. The lowest BCUT2D eigenvalue weighted by Gasteiger charge is -2.44. The Bertz CT molecular complexity index is 1600. The molecular formula is C26H25Cl2N7O. The summed E-state index contributed by atoms with van der Waals surface area (Å²) < 4.78 is 1.13. The van der Waals surface area contributed by atoms with Gasteiger partial charge in [-0.3, -0.25) is 15.3 Å². The Kier molecular flexibility index (Phi) is 5.63. The maximum atomic E-state index is 12.9. The SMILES string of the molecule is CN1CCc2cc(Nc3ncc4c(=N)n(-c5c(Cl)cccc5Cl)c(=O)[nH]c4n3)ccc2C12CCCC2. The van der Waals surface area contributed by atoms with Crippen LogP contribution in [-0.4, -0.2) is 38.0 Å². The van der Waals surface area contributed by atoms with Crippen LogP contribution in [0.15, 0.2) is 47.4 Å². The Morgan fingerprint density at radius 3 is 2.64 bits per heavy atom. The van der Waals surface area contributed by atoms with E-state index in [0.717, 1.165) is 23.2 Å². The molecular weight excluding hydrogens is 497 g/mol. The minimum Gasteiger partial charge on any atom is -0.324 e. The number of para-hydroxylation sites is 1. The van der Waals surface area contributed by atoms with Gasteiger partial charge < -0.3 is 5.32 Å². The van der Waals surface area contributed by atoms with Gasteiger partial charge in [-0.2, -0.15) is 4.98 Å². The van der Waals surface area contributed by atoms with Crippen molar-refractivity contribution < 1.29 is 0 Å². The molecule has 0 atom stereocenters. The van der Waals surface area contributed by atoms with E-state index >= 15 is 0 Å². The first-order valence-electron chi connectivity index (χ1n) is 12.0. The van der Waals surface area contributed by atoms with E-state index in [1.165, 1.54) is 43.0 Å². The van der Waals surface area contributed by atoms with E-state index in [2.05, 4.69) is 50.4 Å². The molecule has 36 heavy (non-hydrogen) atoms. The van der Waals surface area contributed by atoms with Crippen molar-refractivity contribution >= 4 is 45.9 Å². The number of anilines is 2. The zero-order valence-corrected chi connectivity index (χ0v) is 21.2. The topological polar surface area (TPSA) is 103 Å². The summed E-state index contributed by atoms with van der Waals surface area (Å²) in [7, 11) is 2.24. The third-order valence-electron chi connectivity index (χ3n) is 7.60. The molecule has 10 heteroatoms. The first-order valence-corrected chi connectivity index (χ1v) is 12.8. The Morgan fingerprint density at radius 2 is 1.89 bits per heavy atom. The Hall–Kier alpha value is -3.20. The maximum absolute atomic E-state index is 12.9. The fourth-order valence-electron chi connectivity index (χ4n) is 5.79. The monoisotopic (exact) mass is 521 g/mol. The standard InChI is InChI=1S/C26H25Cl2N7O/c1-34-12-9-15-13-16(7-8-18(15)26(34)10-2-3-11-26)31-24-30-14-17-22(29)35(25(36)33-23(17)32-24)21-19(27)5-4-6-20(21)28/h4-8,13-14,29H,2-3,9-12H2,1H3,(H2,30,31,32,33,36). The number of fused-ring (bicyclic) bond motifs is 3. The van der Waals surface area contributed by atoms with Gasteiger partial charge in [0, 0.05) is 24.0 Å². The number of nitrogens with one attached hydrogen (secondary N) is 3. The molecule has 0 amide bonds. The van der Waals surface area contributed by atoms with Gasteiger partial charge >= 0.3 is 5.69 Å². The molecule has 3 heterocycles.